The number of pyridine rings is 1. The predicted molar refractivity (Wildman–Crippen MR) is 78.9 cm³/mol. The van der Waals surface area contributed by atoms with Crippen molar-refractivity contribution in [3.63, 3.8) is 0 Å². The molecule has 5 heteroatoms. The Morgan fingerprint density at radius 1 is 1.45 bits per heavy atom. The third-order valence-electron chi connectivity index (χ3n) is 3.88. The van der Waals surface area contributed by atoms with Crippen LogP contribution in [0.4, 0.5) is 0 Å². The standard InChI is InChI=1S/C15H23N3O2/c1-12-4-9-18(10-5-12)8-2-6-17-15(20)13-11-16-7-3-14(13)19/h3,7,11-12H,2,4-6,8-10H2,1H3,(H,16,19)(H,17,20). The number of rotatable bonds is 5. The normalized spacial score (nSPS) is 17.1. The summed E-state index contributed by atoms with van der Waals surface area (Å²) in [6, 6.07) is 1.36. The molecule has 1 amide bonds. The lowest BCUT2D eigenvalue weighted by molar-refractivity contribution is 0.0949. The Morgan fingerprint density at radius 2 is 2.20 bits per heavy atom. The number of carbonyl (C=O) groups is 1. The van der Waals surface area contributed by atoms with Crippen molar-refractivity contribution < 1.29 is 4.79 Å². The minimum Gasteiger partial charge on any atom is -0.367 e. The highest BCUT2D eigenvalue weighted by atomic mass is 16.2. The molecule has 5 nitrogen and oxygen atoms in total. The highest BCUT2D eigenvalue weighted by Crippen LogP contribution is 2.15. The fraction of sp³-hybridized carbons (Fsp3) is 0.600. The van der Waals surface area contributed by atoms with Gasteiger partial charge in [0.05, 0.1) is 0 Å². The van der Waals surface area contributed by atoms with Crippen LogP contribution in [0.15, 0.2) is 23.3 Å². The van der Waals surface area contributed by atoms with Crippen LogP contribution in [0.5, 0.6) is 0 Å². The summed E-state index contributed by atoms with van der Waals surface area (Å²) in [6.45, 7) is 6.24. The van der Waals surface area contributed by atoms with Crippen molar-refractivity contribution in [2.45, 2.75) is 26.2 Å². The van der Waals surface area contributed by atoms with Crippen LogP contribution in [0.3, 0.4) is 0 Å². The maximum absolute atomic E-state index is 11.8. The number of nitrogens with one attached hydrogen (secondary N) is 2. The maximum atomic E-state index is 11.8. The van der Waals surface area contributed by atoms with Gasteiger partial charge in [0.25, 0.3) is 5.91 Å². The van der Waals surface area contributed by atoms with E-state index in [9.17, 15) is 9.59 Å². The van der Waals surface area contributed by atoms with Gasteiger partial charge in [-0.25, -0.2) is 0 Å². The lowest BCUT2D eigenvalue weighted by Gasteiger charge is -2.30. The van der Waals surface area contributed by atoms with E-state index in [-0.39, 0.29) is 16.9 Å². The molecule has 2 N–H and O–H groups in total. The number of H-pyrrole nitrogens is 1. The summed E-state index contributed by atoms with van der Waals surface area (Å²) in [7, 11) is 0. The Hall–Kier alpha value is -1.62. The van der Waals surface area contributed by atoms with Crippen molar-refractivity contribution in [3.05, 3.63) is 34.2 Å². The van der Waals surface area contributed by atoms with E-state index in [0.717, 1.165) is 32.0 Å². The largest absolute Gasteiger partial charge is 0.367 e. The summed E-state index contributed by atoms with van der Waals surface area (Å²) < 4.78 is 0. The number of likely N-dealkylation sites (tertiary alicyclic amines) is 1. The van der Waals surface area contributed by atoms with Gasteiger partial charge in [-0.1, -0.05) is 6.92 Å². The van der Waals surface area contributed by atoms with E-state index in [4.69, 9.17) is 0 Å². The first kappa shape index (κ1) is 14.8. The van der Waals surface area contributed by atoms with Gasteiger partial charge in [0.1, 0.15) is 5.56 Å². The van der Waals surface area contributed by atoms with E-state index in [2.05, 4.69) is 22.1 Å². The van der Waals surface area contributed by atoms with Crippen molar-refractivity contribution in [2.24, 2.45) is 5.92 Å². The molecule has 1 aliphatic heterocycles. The average molecular weight is 277 g/mol. The maximum Gasteiger partial charge on any atom is 0.256 e. The number of amides is 1. The van der Waals surface area contributed by atoms with Crippen molar-refractivity contribution >= 4 is 5.91 Å². The third-order valence-corrected chi connectivity index (χ3v) is 3.88. The SMILES string of the molecule is CC1CCN(CCCNC(=O)c2c[nH]ccc2=O)CC1. The highest BCUT2D eigenvalue weighted by Gasteiger charge is 2.15. The Morgan fingerprint density at radius 3 is 2.90 bits per heavy atom. The zero-order chi connectivity index (χ0) is 14.4. The van der Waals surface area contributed by atoms with Crippen LogP contribution < -0.4 is 10.7 Å². The van der Waals surface area contributed by atoms with Gasteiger partial charge in [-0.2, -0.15) is 0 Å². The molecule has 110 valence electrons. The zero-order valence-electron chi connectivity index (χ0n) is 12.0. The van der Waals surface area contributed by atoms with E-state index in [1.165, 1.54) is 31.3 Å². The summed E-state index contributed by atoms with van der Waals surface area (Å²) in [4.78, 5) is 28.5. The molecule has 0 aromatic carbocycles. The van der Waals surface area contributed by atoms with Gasteiger partial charge in [-0.15, -0.1) is 0 Å². The molecular formula is C15H23N3O2. The Kier molecular flexibility index (Phi) is 5.35. The predicted octanol–water partition coefficient (Wildman–Crippen LogP) is 1.23. The second-order valence-electron chi connectivity index (χ2n) is 5.56. The number of piperidine rings is 1. The average Bonchev–Trinajstić information content (AvgIpc) is 2.46. The molecule has 2 rings (SSSR count). The number of aromatic nitrogens is 1. The van der Waals surface area contributed by atoms with E-state index in [0.29, 0.717) is 6.54 Å². The van der Waals surface area contributed by atoms with Gasteiger partial charge in [0.2, 0.25) is 0 Å². The molecule has 1 aromatic heterocycles. The summed E-state index contributed by atoms with van der Waals surface area (Å²) in [5.74, 6) is 0.551. The summed E-state index contributed by atoms with van der Waals surface area (Å²) in [6.07, 6.45) is 6.43. The van der Waals surface area contributed by atoms with Crippen LogP contribution in [-0.2, 0) is 0 Å². The number of aromatic amines is 1. The van der Waals surface area contributed by atoms with Crippen molar-refractivity contribution in [1.29, 1.82) is 0 Å². The highest BCUT2D eigenvalue weighted by molar-refractivity contribution is 5.93. The van der Waals surface area contributed by atoms with Crippen LogP contribution in [0.1, 0.15) is 36.5 Å². The molecule has 1 aliphatic rings. The smallest absolute Gasteiger partial charge is 0.256 e. The van der Waals surface area contributed by atoms with Crippen molar-refractivity contribution in [3.8, 4) is 0 Å². The topological polar surface area (TPSA) is 65.2 Å². The molecule has 20 heavy (non-hydrogen) atoms. The molecule has 0 bridgehead atoms. The van der Waals surface area contributed by atoms with Gasteiger partial charge in [0.15, 0.2) is 5.43 Å². The van der Waals surface area contributed by atoms with Crippen molar-refractivity contribution in [1.82, 2.24) is 15.2 Å². The van der Waals surface area contributed by atoms with Crippen LogP contribution in [0.2, 0.25) is 0 Å². The van der Waals surface area contributed by atoms with Crippen LogP contribution >= 0.6 is 0 Å². The Labute approximate surface area is 119 Å². The summed E-state index contributed by atoms with van der Waals surface area (Å²) in [5.41, 5.74) is -0.0643. The zero-order valence-corrected chi connectivity index (χ0v) is 12.0. The Balaban J connectivity index is 1.67. The van der Waals surface area contributed by atoms with Crippen molar-refractivity contribution in [2.75, 3.05) is 26.2 Å². The van der Waals surface area contributed by atoms with Crippen LogP contribution in [0.25, 0.3) is 0 Å². The molecule has 0 atom stereocenters. The van der Waals surface area contributed by atoms with E-state index >= 15 is 0 Å². The molecule has 1 saturated heterocycles. The molecule has 2 heterocycles. The molecule has 1 fully saturated rings. The van der Waals surface area contributed by atoms with Crippen LogP contribution in [0, 0.1) is 5.92 Å². The minimum absolute atomic E-state index is 0.180. The second kappa shape index (κ2) is 7.24. The number of hydrogen-bond acceptors (Lipinski definition) is 3. The summed E-state index contributed by atoms with van der Waals surface area (Å²) >= 11 is 0. The first-order chi connectivity index (χ1) is 9.66. The molecular weight excluding hydrogens is 254 g/mol. The molecule has 0 aliphatic carbocycles. The lowest BCUT2D eigenvalue weighted by Crippen LogP contribution is -2.36. The first-order valence-corrected chi connectivity index (χ1v) is 7.34. The number of carbonyl (C=O) groups excluding carboxylic acids is 1. The number of nitrogens with zero attached hydrogens (tertiary/aromatic N) is 1. The van der Waals surface area contributed by atoms with Gasteiger partial charge < -0.3 is 15.2 Å². The molecule has 0 saturated carbocycles. The number of hydrogen-bond donors (Lipinski definition) is 2. The van der Waals surface area contributed by atoms with E-state index in [1.807, 2.05) is 0 Å². The van der Waals surface area contributed by atoms with E-state index < -0.39 is 0 Å². The first-order valence-electron chi connectivity index (χ1n) is 7.34. The summed E-state index contributed by atoms with van der Waals surface area (Å²) in [5, 5.41) is 2.80. The van der Waals surface area contributed by atoms with Gasteiger partial charge >= 0.3 is 0 Å². The minimum atomic E-state index is -0.292. The molecule has 0 radical (unpaired) electrons. The fourth-order valence-electron chi connectivity index (χ4n) is 2.48. The van der Waals surface area contributed by atoms with Crippen LogP contribution in [-0.4, -0.2) is 42.0 Å². The Bertz CT molecular complexity index is 490. The van der Waals surface area contributed by atoms with Gasteiger partial charge in [-0.3, -0.25) is 9.59 Å². The molecule has 0 unspecified atom stereocenters. The third kappa shape index (κ3) is 4.20. The lowest BCUT2D eigenvalue weighted by atomic mass is 9.99. The molecule has 1 aromatic rings. The fourth-order valence-corrected chi connectivity index (χ4v) is 2.48. The molecule has 0 spiro atoms. The van der Waals surface area contributed by atoms with Gasteiger partial charge in [0, 0.05) is 25.0 Å². The monoisotopic (exact) mass is 277 g/mol. The van der Waals surface area contributed by atoms with E-state index in [1.54, 1.807) is 0 Å². The quantitative estimate of drug-likeness (QED) is 0.796. The second-order valence-corrected chi connectivity index (χ2v) is 5.56. The van der Waals surface area contributed by atoms with Gasteiger partial charge in [-0.05, 0) is 44.8 Å².